The van der Waals surface area contributed by atoms with Crippen molar-refractivity contribution in [3.8, 4) is 0 Å². The Morgan fingerprint density at radius 3 is 2.32 bits per heavy atom. The maximum absolute atomic E-state index is 10.9. The van der Waals surface area contributed by atoms with Crippen LogP contribution >= 0.6 is 0 Å². The average molecular weight is 307 g/mol. The summed E-state index contributed by atoms with van der Waals surface area (Å²) in [6, 6.07) is 0. The number of rotatable bonds is 14. The molecule has 22 heavy (non-hydrogen) atoms. The van der Waals surface area contributed by atoms with E-state index in [1.54, 1.807) is 6.08 Å². The van der Waals surface area contributed by atoms with Gasteiger partial charge in [-0.2, -0.15) is 0 Å². The second kappa shape index (κ2) is 15.7. The van der Waals surface area contributed by atoms with Crippen LogP contribution in [0.4, 0.5) is 0 Å². The van der Waals surface area contributed by atoms with E-state index in [1.165, 1.54) is 0 Å². The maximum Gasteiger partial charge on any atom is 0.242 e. The highest BCUT2D eigenvalue weighted by Gasteiger charge is 2.08. The Morgan fingerprint density at radius 2 is 1.64 bits per heavy atom. The molecule has 0 atom stereocenters. The Hall–Kier alpha value is -1.71. The second-order valence-corrected chi connectivity index (χ2v) is 5.28. The van der Waals surface area contributed by atoms with Crippen molar-refractivity contribution in [1.29, 1.82) is 0 Å². The SMILES string of the molecule is CCCCC/C(=C/C/C=C/C/C=C/CCCCC=O)[N+](=O)[O-]. The largest absolute Gasteiger partial charge is 0.303 e. The quantitative estimate of drug-likeness (QED) is 0.142. The molecule has 0 fully saturated rings. The molecule has 4 heteroatoms. The van der Waals surface area contributed by atoms with E-state index in [9.17, 15) is 14.9 Å². The molecule has 0 aliphatic heterocycles. The molecule has 0 aliphatic rings. The number of unbranched alkanes of at least 4 members (excludes halogenated alkanes) is 5. The molecule has 0 N–H and O–H groups in total. The lowest BCUT2D eigenvalue weighted by molar-refractivity contribution is -0.428. The number of hydrogen-bond acceptors (Lipinski definition) is 3. The summed E-state index contributed by atoms with van der Waals surface area (Å²) in [4.78, 5) is 20.8. The van der Waals surface area contributed by atoms with Gasteiger partial charge in [-0.1, -0.05) is 44.1 Å². The van der Waals surface area contributed by atoms with Gasteiger partial charge in [-0.25, -0.2) is 0 Å². The second-order valence-electron chi connectivity index (χ2n) is 5.28. The third-order valence-corrected chi connectivity index (χ3v) is 3.31. The highest BCUT2D eigenvalue weighted by atomic mass is 16.6. The zero-order valence-electron chi connectivity index (χ0n) is 13.7. The molecule has 0 spiro atoms. The zero-order valence-corrected chi connectivity index (χ0v) is 13.7. The Balaban J connectivity index is 3.84. The van der Waals surface area contributed by atoms with Crippen LogP contribution in [0.3, 0.4) is 0 Å². The van der Waals surface area contributed by atoms with E-state index in [0.29, 0.717) is 25.0 Å². The van der Waals surface area contributed by atoms with Gasteiger partial charge in [0, 0.05) is 12.8 Å². The van der Waals surface area contributed by atoms with E-state index >= 15 is 0 Å². The molecule has 0 aromatic rings. The van der Waals surface area contributed by atoms with Gasteiger partial charge in [0.15, 0.2) is 0 Å². The summed E-state index contributed by atoms with van der Waals surface area (Å²) in [5, 5.41) is 10.9. The predicted octanol–water partition coefficient (Wildman–Crippen LogP) is 5.38. The van der Waals surface area contributed by atoms with Crippen LogP contribution in [0.1, 0.15) is 71.1 Å². The van der Waals surface area contributed by atoms with Crippen molar-refractivity contribution in [2.45, 2.75) is 71.1 Å². The molecule has 0 amide bonds. The van der Waals surface area contributed by atoms with Gasteiger partial charge in [0.2, 0.25) is 5.70 Å². The fourth-order valence-electron chi connectivity index (χ4n) is 2.00. The molecule has 0 rings (SSSR count). The third-order valence-electron chi connectivity index (χ3n) is 3.31. The van der Waals surface area contributed by atoms with Crippen molar-refractivity contribution >= 4 is 6.29 Å². The fraction of sp³-hybridized carbons (Fsp3) is 0.611. The van der Waals surface area contributed by atoms with Crippen LogP contribution in [-0.2, 0) is 4.79 Å². The number of hydrogen-bond donors (Lipinski definition) is 0. The topological polar surface area (TPSA) is 60.2 Å². The summed E-state index contributed by atoms with van der Waals surface area (Å²) in [5.74, 6) is 0. The van der Waals surface area contributed by atoms with E-state index in [2.05, 4.69) is 19.1 Å². The smallest absolute Gasteiger partial charge is 0.242 e. The Labute approximate surface area is 134 Å². The summed E-state index contributed by atoms with van der Waals surface area (Å²) in [6.07, 6.45) is 19.6. The number of nitrogens with zero attached hydrogens (tertiary/aromatic N) is 1. The van der Waals surface area contributed by atoms with E-state index in [1.807, 2.05) is 12.2 Å². The molecule has 0 aliphatic carbocycles. The van der Waals surface area contributed by atoms with Gasteiger partial charge in [-0.3, -0.25) is 10.1 Å². The Morgan fingerprint density at radius 1 is 0.955 bits per heavy atom. The fourth-order valence-corrected chi connectivity index (χ4v) is 2.00. The minimum Gasteiger partial charge on any atom is -0.303 e. The first kappa shape index (κ1) is 20.3. The zero-order chi connectivity index (χ0) is 16.5. The first-order chi connectivity index (χ1) is 10.7. The first-order valence-corrected chi connectivity index (χ1v) is 8.29. The molecule has 0 aromatic carbocycles. The lowest BCUT2D eigenvalue weighted by Crippen LogP contribution is -1.98. The predicted molar refractivity (Wildman–Crippen MR) is 91.3 cm³/mol. The van der Waals surface area contributed by atoms with Gasteiger partial charge < -0.3 is 4.79 Å². The van der Waals surface area contributed by atoms with E-state index in [4.69, 9.17) is 0 Å². The third kappa shape index (κ3) is 13.3. The van der Waals surface area contributed by atoms with Gasteiger partial charge in [-0.15, -0.1) is 0 Å². The summed E-state index contributed by atoms with van der Waals surface area (Å²) < 4.78 is 0. The van der Waals surface area contributed by atoms with Gasteiger partial charge in [0.05, 0.1) is 4.92 Å². The van der Waals surface area contributed by atoms with Gasteiger partial charge >= 0.3 is 0 Å². The minimum atomic E-state index is -0.261. The molecule has 0 saturated heterocycles. The van der Waals surface area contributed by atoms with Crippen LogP contribution in [0.25, 0.3) is 0 Å². The number of nitro groups is 1. The van der Waals surface area contributed by atoms with Gasteiger partial charge in [0.1, 0.15) is 6.29 Å². The molecular weight excluding hydrogens is 278 g/mol. The molecule has 124 valence electrons. The lowest BCUT2D eigenvalue weighted by Gasteiger charge is -1.97. The van der Waals surface area contributed by atoms with Gasteiger partial charge in [0.25, 0.3) is 0 Å². The molecule has 0 unspecified atom stereocenters. The standard InChI is InChI=1S/C18H29NO3/c1-2-3-12-15-18(19(21)22)16-13-10-8-6-4-5-7-9-11-14-17-20/h4-5,8,10,16-17H,2-3,6-7,9,11-15H2,1H3/b5-4+,10-8+,18-16-. The molecule has 0 bridgehead atoms. The maximum atomic E-state index is 10.9. The lowest BCUT2D eigenvalue weighted by atomic mass is 10.1. The minimum absolute atomic E-state index is 0.261. The number of allylic oxidation sites excluding steroid dienone is 6. The van der Waals surface area contributed by atoms with Crippen molar-refractivity contribution in [1.82, 2.24) is 0 Å². The monoisotopic (exact) mass is 307 g/mol. The number of carbonyl (C=O) groups is 1. The molecular formula is C18H29NO3. The molecule has 0 aromatic heterocycles. The first-order valence-electron chi connectivity index (χ1n) is 8.29. The Kier molecular flexibility index (Phi) is 14.5. The van der Waals surface area contributed by atoms with Crippen molar-refractivity contribution < 1.29 is 9.72 Å². The van der Waals surface area contributed by atoms with Crippen molar-refractivity contribution in [3.05, 3.63) is 46.2 Å². The Bertz CT molecular complexity index is 384. The average Bonchev–Trinajstić information content (AvgIpc) is 2.50. The van der Waals surface area contributed by atoms with Crippen molar-refractivity contribution in [3.63, 3.8) is 0 Å². The van der Waals surface area contributed by atoms with Crippen LogP contribution in [0.15, 0.2) is 36.1 Å². The summed E-state index contributed by atoms with van der Waals surface area (Å²) in [7, 11) is 0. The van der Waals surface area contributed by atoms with E-state index in [0.717, 1.165) is 51.2 Å². The molecule has 0 radical (unpaired) electrons. The van der Waals surface area contributed by atoms with Crippen LogP contribution in [0.2, 0.25) is 0 Å². The van der Waals surface area contributed by atoms with E-state index < -0.39 is 0 Å². The van der Waals surface area contributed by atoms with Crippen LogP contribution in [0.5, 0.6) is 0 Å². The normalized spacial score (nSPS) is 12.3. The van der Waals surface area contributed by atoms with Crippen molar-refractivity contribution in [2.75, 3.05) is 0 Å². The van der Waals surface area contributed by atoms with Gasteiger partial charge in [-0.05, 0) is 44.6 Å². The van der Waals surface area contributed by atoms with Crippen LogP contribution in [-0.4, -0.2) is 11.2 Å². The molecule has 0 saturated carbocycles. The highest BCUT2D eigenvalue weighted by Crippen LogP contribution is 2.10. The van der Waals surface area contributed by atoms with Crippen LogP contribution in [0, 0.1) is 10.1 Å². The van der Waals surface area contributed by atoms with Crippen LogP contribution < -0.4 is 0 Å². The summed E-state index contributed by atoms with van der Waals surface area (Å²) in [5.41, 5.74) is 0.337. The van der Waals surface area contributed by atoms with Crippen molar-refractivity contribution in [2.24, 2.45) is 0 Å². The summed E-state index contributed by atoms with van der Waals surface area (Å²) >= 11 is 0. The highest BCUT2D eigenvalue weighted by molar-refractivity contribution is 5.48. The van der Waals surface area contributed by atoms with E-state index in [-0.39, 0.29) is 4.92 Å². The number of carbonyl (C=O) groups excluding carboxylic acids is 1. The molecule has 4 nitrogen and oxygen atoms in total. The molecule has 0 heterocycles. The number of aldehydes is 1. The summed E-state index contributed by atoms with van der Waals surface area (Å²) in [6.45, 7) is 2.09.